The number of nitrogens with one attached hydrogen (secondary N) is 2. The highest BCUT2D eigenvalue weighted by Crippen LogP contribution is 2.32. The van der Waals surface area contributed by atoms with E-state index < -0.39 is 11.0 Å². The Labute approximate surface area is 143 Å². The van der Waals surface area contributed by atoms with E-state index in [0.29, 0.717) is 30.4 Å². The van der Waals surface area contributed by atoms with Crippen LogP contribution in [0.2, 0.25) is 0 Å². The van der Waals surface area contributed by atoms with Crippen LogP contribution < -0.4 is 20.1 Å². The predicted octanol–water partition coefficient (Wildman–Crippen LogP) is 2.81. The number of hydrogen-bond acceptors (Lipinski definition) is 6. The summed E-state index contributed by atoms with van der Waals surface area (Å²) in [6.45, 7) is 2.65. The van der Waals surface area contributed by atoms with Gasteiger partial charge in [-0.15, -0.1) is 0 Å². The van der Waals surface area contributed by atoms with Crippen molar-refractivity contribution in [3.63, 3.8) is 0 Å². The van der Waals surface area contributed by atoms with Crippen LogP contribution in [0.5, 0.6) is 11.5 Å². The van der Waals surface area contributed by atoms with Gasteiger partial charge < -0.3 is 20.1 Å². The Bertz CT molecular complexity index is 809. The quantitative estimate of drug-likeness (QED) is 0.639. The Morgan fingerprint density at radius 2 is 1.88 bits per heavy atom. The fourth-order valence-electron chi connectivity index (χ4n) is 2.43. The molecule has 8 nitrogen and oxygen atoms in total. The number of hydrogen-bond donors (Lipinski definition) is 2. The Kier molecular flexibility index (Phi) is 4.69. The molecule has 0 unspecified atom stereocenters. The minimum Gasteiger partial charge on any atom is -0.486 e. The van der Waals surface area contributed by atoms with Crippen molar-refractivity contribution < 1.29 is 19.2 Å². The zero-order chi connectivity index (χ0) is 17.8. The Balaban J connectivity index is 1.68. The molecule has 1 aliphatic rings. The lowest BCUT2D eigenvalue weighted by Crippen LogP contribution is -2.32. The van der Waals surface area contributed by atoms with Crippen LogP contribution in [0.4, 0.5) is 17.1 Å². The third kappa shape index (κ3) is 3.79. The average Bonchev–Trinajstić information content (AvgIpc) is 2.61. The minimum absolute atomic E-state index is 0.151. The molecule has 0 bridgehead atoms. The number of nitro groups is 1. The molecule has 2 N–H and O–H groups in total. The van der Waals surface area contributed by atoms with Crippen molar-refractivity contribution in [3.8, 4) is 11.5 Å². The molecule has 2 aromatic carbocycles. The molecule has 0 radical (unpaired) electrons. The summed E-state index contributed by atoms with van der Waals surface area (Å²) in [6.07, 6.45) is 0. The highest BCUT2D eigenvalue weighted by Gasteiger charge is 2.19. The van der Waals surface area contributed by atoms with Crippen LogP contribution in [-0.4, -0.2) is 30.1 Å². The summed E-state index contributed by atoms with van der Waals surface area (Å²) < 4.78 is 11.0. The summed E-state index contributed by atoms with van der Waals surface area (Å²) in [6, 6.07) is 10.7. The van der Waals surface area contributed by atoms with Gasteiger partial charge in [-0.3, -0.25) is 14.9 Å². The second-order valence-corrected chi connectivity index (χ2v) is 5.49. The Morgan fingerprint density at radius 1 is 1.16 bits per heavy atom. The van der Waals surface area contributed by atoms with E-state index in [9.17, 15) is 14.9 Å². The van der Waals surface area contributed by atoms with Crippen LogP contribution in [0.1, 0.15) is 6.92 Å². The van der Waals surface area contributed by atoms with E-state index in [1.165, 1.54) is 12.1 Å². The lowest BCUT2D eigenvalue weighted by Gasteiger charge is -2.20. The second kappa shape index (κ2) is 7.08. The van der Waals surface area contributed by atoms with Crippen molar-refractivity contribution in [1.82, 2.24) is 0 Å². The summed E-state index contributed by atoms with van der Waals surface area (Å²) in [5.41, 5.74) is 0.699. The smallest absolute Gasteiger partial charge is 0.292 e. The fourth-order valence-corrected chi connectivity index (χ4v) is 2.43. The number of rotatable bonds is 5. The topological polar surface area (TPSA) is 103 Å². The standard InChI is InChI=1S/C17H17N3O5/c1-11(17(21)19-13-4-2-3-5-14(13)20(22)23)18-12-6-7-15-16(10-12)25-9-8-24-15/h2-7,10-11,18H,8-9H2,1H3,(H,19,21)/t11-/m0/s1. The van der Waals surface area contributed by atoms with Crippen molar-refractivity contribution in [2.45, 2.75) is 13.0 Å². The first-order chi connectivity index (χ1) is 12.0. The minimum atomic E-state index is -0.609. The van der Waals surface area contributed by atoms with E-state index in [1.807, 2.05) is 0 Å². The average molecular weight is 343 g/mol. The van der Waals surface area contributed by atoms with Crippen molar-refractivity contribution in [2.24, 2.45) is 0 Å². The number of ether oxygens (including phenoxy) is 2. The van der Waals surface area contributed by atoms with Gasteiger partial charge in [0.05, 0.1) is 4.92 Å². The zero-order valence-electron chi connectivity index (χ0n) is 13.5. The number of amides is 1. The maximum atomic E-state index is 12.3. The molecule has 25 heavy (non-hydrogen) atoms. The van der Waals surface area contributed by atoms with E-state index in [0.717, 1.165) is 0 Å². The molecular weight excluding hydrogens is 326 g/mol. The number of carbonyl (C=O) groups excluding carboxylic acids is 1. The molecule has 1 atom stereocenters. The molecule has 1 amide bonds. The van der Waals surface area contributed by atoms with Gasteiger partial charge in [-0.25, -0.2) is 0 Å². The van der Waals surface area contributed by atoms with Crippen LogP contribution in [0.25, 0.3) is 0 Å². The van der Waals surface area contributed by atoms with E-state index in [2.05, 4.69) is 10.6 Å². The Hall–Kier alpha value is -3.29. The van der Waals surface area contributed by atoms with E-state index in [-0.39, 0.29) is 17.3 Å². The SMILES string of the molecule is C[C@H](Nc1ccc2c(c1)OCCO2)C(=O)Nc1ccccc1[N+](=O)[O-]. The highest BCUT2D eigenvalue weighted by atomic mass is 16.6. The normalized spacial score (nSPS) is 13.6. The van der Waals surface area contributed by atoms with Crippen LogP contribution in [0.3, 0.4) is 0 Å². The van der Waals surface area contributed by atoms with Crippen molar-refractivity contribution in [1.29, 1.82) is 0 Å². The van der Waals surface area contributed by atoms with Crippen molar-refractivity contribution in [3.05, 3.63) is 52.6 Å². The van der Waals surface area contributed by atoms with Gasteiger partial charge in [0.25, 0.3) is 5.69 Å². The summed E-state index contributed by atoms with van der Waals surface area (Å²) in [5, 5.41) is 16.6. The van der Waals surface area contributed by atoms with Crippen molar-refractivity contribution in [2.75, 3.05) is 23.8 Å². The molecule has 8 heteroatoms. The highest BCUT2D eigenvalue weighted by molar-refractivity contribution is 5.98. The maximum Gasteiger partial charge on any atom is 0.292 e. The molecule has 0 saturated carbocycles. The van der Waals surface area contributed by atoms with Gasteiger partial charge in [0.2, 0.25) is 5.91 Å². The Morgan fingerprint density at radius 3 is 2.64 bits per heavy atom. The first-order valence-corrected chi connectivity index (χ1v) is 7.75. The number of carbonyl (C=O) groups is 1. The first-order valence-electron chi connectivity index (χ1n) is 7.75. The summed E-state index contributed by atoms with van der Waals surface area (Å²) in [7, 11) is 0. The summed E-state index contributed by atoms with van der Waals surface area (Å²) in [4.78, 5) is 22.8. The van der Waals surface area contributed by atoms with Crippen LogP contribution in [0.15, 0.2) is 42.5 Å². The van der Waals surface area contributed by atoms with Gasteiger partial charge in [-0.2, -0.15) is 0 Å². The second-order valence-electron chi connectivity index (χ2n) is 5.49. The lowest BCUT2D eigenvalue weighted by atomic mass is 10.2. The number of para-hydroxylation sites is 2. The first kappa shape index (κ1) is 16.6. The van der Waals surface area contributed by atoms with Gasteiger partial charge in [-0.1, -0.05) is 12.1 Å². The van der Waals surface area contributed by atoms with Gasteiger partial charge in [0.15, 0.2) is 11.5 Å². The van der Waals surface area contributed by atoms with Gasteiger partial charge in [0, 0.05) is 17.8 Å². The van der Waals surface area contributed by atoms with Gasteiger partial charge in [0.1, 0.15) is 24.9 Å². The van der Waals surface area contributed by atoms with E-state index >= 15 is 0 Å². The van der Waals surface area contributed by atoms with Gasteiger partial charge >= 0.3 is 0 Å². The number of anilines is 2. The molecule has 130 valence electrons. The van der Waals surface area contributed by atoms with Crippen LogP contribution >= 0.6 is 0 Å². The van der Waals surface area contributed by atoms with Gasteiger partial charge in [-0.05, 0) is 25.1 Å². The molecule has 1 aliphatic heterocycles. The molecule has 0 saturated heterocycles. The zero-order valence-corrected chi connectivity index (χ0v) is 13.5. The van der Waals surface area contributed by atoms with Crippen molar-refractivity contribution >= 4 is 23.0 Å². The number of nitro benzene ring substituents is 1. The third-order valence-corrected chi connectivity index (χ3v) is 3.68. The summed E-state index contributed by atoms with van der Waals surface area (Å²) >= 11 is 0. The maximum absolute atomic E-state index is 12.3. The largest absolute Gasteiger partial charge is 0.486 e. The molecular formula is C17H17N3O5. The molecule has 0 aliphatic carbocycles. The summed E-state index contributed by atoms with van der Waals surface area (Å²) in [5.74, 6) is 0.889. The van der Waals surface area contributed by atoms with Crippen LogP contribution in [0, 0.1) is 10.1 Å². The van der Waals surface area contributed by atoms with E-state index in [4.69, 9.17) is 9.47 Å². The molecule has 0 fully saturated rings. The molecule has 1 heterocycles. The molecule has 0 aromatic heterocycles. The monoisotopic (exact) mass is 343 g/mol. The molecule has 0 spiro atoms. The number of nitrogens with zero attached hydrogens (tertiary/aromatic N) is 1. The lowest BCUT2D eigenvalue weighted by molar-refractivity contribution is -0.383. The third-order valence-electron chi connectivity index (χ3n) is 3.68. The number of fused-ring (bicyclic) bond motifs is 1. The van der Waals surface area contributed by atoms with E-state index in [1.54, 1.807) is 37.3 Å². The number of benzene rings is 2. The predicted molar refractivity (Wildman–Crippen MR) is 92.2 cm³/mol. The fraction of sp³-hybridized carbons (Fsp3) is 0.235. The molecule has 3 rings (SSSR count). The van der Waals surface area contributed by atoms with Crippen LogP contribution in [-0.2, 0) is 4.79 Å². The molecule has 2 aromatic rings.